The fourth-order valence-electron chi connectivity index (χ4n) is 1.64. The van der Waals surface area contributed by atoms with Crippen LogP contribution in [0.2, 0.25) is 0 Å². The van der Waals surface area contributed by atoms with Crippen molar-refractivity contribution in [3.05, 3.63) is 29.6 Å². The topological polar surface area (TPSA) is 55.1 Å². The molecule has 0 fully saturated rings. The highest BCUT2D eigenvalue weighted by molar-refractivity contribution is 5.93. The van der Waals surface area contributed by atoms with Gasteiger partial charge >= 0.3 is 0 Å². The summed E-state index contributed by atoms with van der Waals surface area (Å²) in [4.78, 5) is 11.9. The average Bonchev–Trinajstić information content (AvgIpc) is 2.24. The molecule has 1 unspecified atom stereocenters. The van der Waals surface area contributed by atoms with Crippen molar-refractivity contribution in [2.45, 2.75) is 20.8 Å². The van der Waals surface area contributed by atoms with Gasteiger partial charge in [-0.3, -0.25) is 4.79 Å². The predicted octanol–water partition coefficient (Wildman–Crippen LogP) is 2.30. The van der Waals surface area contributed by atoms with Crippen molar-refractivity contribution >= 4 is 11.6 Å². The van der Waals surface area contributed by atoms with E-state index < -0.39 is 5.82 Å². The van der Waals surface area contributed by atoms with Crippen LogP contribution in [0, 0.1) is 24.6 Å². The zero-order chi connectivity index (χ0) is 13.0. The Morgan fingerprint density at radius 2 is 2.12 bits per heavy atom. The Labute approximate surface area is 101 Å². The van der Waals surface area contributed by atoms with Gasteiger partial charge in [0.05, 0.1) is 11.6 Å². The fourth-order valence-corrected chi connectivity index (χ4v) is 1.64. The molecule has 0 aliphatic carbocycles. The molecule has 4 heteroatoms. The van der Waals surface area contributed by atoms with Gasteiger partial charge in [0.1, 0.15) is 5.82 Å². The maximum atomic E-state index is 13.5. The van der Waals surface area contributed by atoms with Gasteiger partial charge in [-0.1, -0.05) is 19.9 Å². The number of benzene rings is 1. The number of halogens is 1. The minimum atomic E-state index is -0.427. The van der Waals surface area contributed by atoms with Gasteiger partial charge < -0.3 is 11.1 Å². The van der Waals surface area contributed by atoms with Crippen molar-refractivity contribution in [3.63, 3.8) is 0 Å². The fraction of sp³-hybridized carbons (Fsp3) is 0.462. The second-order valence-electron chi connectivity index (χ2n) is 4.56. The van der Waals surface area contributed by atoms with Crippen LogP contribution in [0.15, 0.2) is 18.2 Å². The molecule has 0 spiro atoms. The molecule has 0 heterocycles. The number of carbonyl (C=O) groups is 1. The average molecular weight is 238 g/mol. The molecule has 0 aliphatic rings. The molecule has 1 amide bonds. The van der Waals surface area contributed by atoms with Crippen LogP contribution in [-0.4, -0.2) is 12.5 Å². The lowest BCUT2D eigenvalue weighted by Crippen LogP contribution is -2.33. The molecule has 0 aromatic heterocycles. The smallest absolute Gasteiger partial charge is 0.229 e. The van der Waals surface area contributed by atoms with E-state index in [9.17, 15) is 9.18 Å². The van der Waals surface area contributed by atoms with E-state index in [-0.39, 0.29) is 30.0 Å². The van der Waals surface area contributed by atoms with Crippen LogP contribution in [0.3, 0.4) is 0 Å². The first-order valence-corrected chi connectivity index (χ1v) is 5.72. The van der Waals surface area contributed by atoms with Gasteiger partial charge in [0, 0.05) is 6.54 Å². The Kier molecular flexibility index (Phi) is 4.63. The van der Waals surface area contributed by atoms with E-state index in [1.165, 1.54) is 6.07 Å². The maximum Gasteiger partial charge on any atom is 0.229 e. The van der Waals surface area contributed by atoms with Crippen LogP contribution in [0.4, 0.5) is 10.1 Å². The molecule has 0 aliphatic heterocycles. The summed E-state index contributed by atoms with van der Waals surface area (Å²) < 4.78 is 13.5. The van der Waals surface area contributed by atoms with Gasteiger partial charge in [-0.2, -0.15) is 0 Å². The first-order valence-electron chi connectivity index (χ1n) is 5.72. The molecule has 94 valence electrons. The Hall–Kier alpha value is -1.42. The summed E-state index contributed by atoms with van der Waals surface area (Å²) in [6.07, 6.45) is 0. The maximum absolute atomic E-state index is 13.5. The quantitative estimate of drug-likeness (QED) is 0.845. The monoisotopic (exact) mass is 238 g/mol. The third-order valence-electron chi connectivity index (χ3n) is 2.78. The van der Waals surface area contributed by atoms with Crippen LogP contribution in [-0.2, 0) is 4.79 Å². The molecule has 0 bridgehead atoms. The first-order chi connectivity index (χ1) is 7.95. The molecular formula is C13H19FN2O. The Balaban J connectivity index is 2.83. The number of aryl methyl sites for hydroxylation is 1. The van der Waals surface area contributed by atoms with Crippen LogP contribution in [0.1, 0.15) is 19.4 Å². The largest absolute Gasteiger partial charge is 0.330 e. The summed E-state index contributed by atoms with van der Waals surface area (Å²) in [5.41, 5.74) is 6.66. The van der Waals surface area contributed by atoms with Crippen molar-refractivity contribution < 1.29 is 9.18 Å². The SMILES string of the molecule is Cc1ccc(F)c(NC(=O)C(CN)C(C)C)c1. The molecule has 3 nitrogen and oxygen atoms in total. The number of amides is 1. The van der Waals surface area contributed by atoms with E-state index in [4.69, 9.17) is 5.73 Å². The van der Waals surface area contributed by atoms with Crippen molar-refractivity contribution in [1.29, 1.82) is 0 Å². The number of rotatable bonds is 4. The van der Waals surface area contributed by atoms with Crippen molar-refractivity contribution in [2.75, 3.05) is 11.9 Å². The number of nitrogens with one attached hydrogen (secondary N) is 1. The van der Waals surface area contributed by atoms with Crippen molar-refractivity contribution in [1.82, 2.24) is 0 Å². The highest BCUT2D eigenvalue weighted by atomic mass is 19.1. The minimum Gasteiger partial charge on any atom is -0.330 e. The molecule has 1 aromatic carbocycles. The zero-order valence-corrected chi connectivity index (χ0v) is 10.5. The van der Waals surface area contributed by atoms with Gasteiger partial charge in [-0.05, 0) is 30.5 Å². The van der Waals surface area contributed by atoms with Crippen LogP contribution in [0.5, 0.6) is 0 Å². The number of hydrogen-bond acceptors (Lipinski definition) is 2. The second kappa shape index (κ2) is 5.77. The summed E-state index contributed by atoms with van der Waals surface area (Å²) in [7, 11) is 0. The van der Waals surface area contributed by atoms with Gasteiger partial charge in [0.15, 0.2) is 0 Å². The summed E-state index contributed by atoms with van der Waals surface area (Å²) in [6, 6.07) is 4.62. The van der Waals surface area contributed by atoms with Gasteiger partial charge in [-0.15, -0.1) is 0 Å². The van der Waals surface area contributed by atoms with Crippen molar-refractivity contribution in [3.8, 4) is 0 Å². The summed E-state index contributed by atoms with van der Waals surface area (Å²) in [5.74, 6) is -0.821. The van der Waals surface area contributed by atoms with E-state index in [0.29, 0.717) is 0 Å². The third-order valence-corrected chi connectivity index (χ3v) is 2.78. The number of nitrogens with two attached hydrogens (primary N) is 1. The predicted molar refractivity (Wildman–Crippen MR) is 67.1 cm³/mol. The van der Waals surface area contributed by atoms with Crippen molar-refractivity contribution in [2.24, 2.45) is 17.6 Å². The lowest BCUT2D eigenvalue weighted by molar-refractivity contribution is -0.120. The molecule has 1 rings (SSSR count). The van der Waals surface area contributed by atoms with E-state index in [1.807, 2.05) is 20.8 Å². The molecule has 0 saturated carbocycles. The summed E-state index contributed by atoms with van der Waals surface area (Å²) in [5, 5.41) is 2.59. The van der Waals surface area contributed by atoms with Crippen LogP contribution >= 0.6 is 0 Å². The molecule has 3 N–H and O–H groups in total. The van der Waals surface area contributed by atoms with Gasteiger partial charge in [0.2, 0.25) is 5.91 Å². The summed E-state index contributed by atoms with van der Waals surface area (Å²) >= 11 is 0. The van der Waals surface area contributed by atoms with E-state index in [1.54, 1.807) is 12.1 Å². The van der Waals surface area contributed by atoms with E-state index in [0.717, 1.165) is 5.56 Å². The van der Waals surface area contributed by atoms with Gasteiger partial charge in [0.25, 0.3) is 0 Å². The summed E-state index contributed by atoms with van der Waals surface area (Å²) in [6.45, 7) is 5.95. The molecule has 17 heavy (non-hydrogen) atoms. The lowest BCUT2D eigenvalue weighted by Gasteiger charge is -2.18. The van der Waals surface area contributed by atoms with Gasteiger partial charge in [-0.25, -0.2) is 4.39 Å². The number of carbonyl (C=O) groups excluding carboxylic acids is 1. The normalized spacial score (nSPS) is 12.6. The second-order valence-corrected chi connectivity index (χ2v) is 4.56. The van der Waals surface area contributed by atoms with Crippen LogP contribution < -0.4 is 11.1 Å². The Morgan fingerprint density at radius 1 is 1.47 bits per heavy atom. The lowest BCUT2D eigenvalue weighted by atomic mass is 9.95. The Morgan fingerprint density at radius 3 is 2.65 bits per heavy atom. The molecule has 0 radical (unpaired) electrons. The standard InChI is InChI=1S/C13H19FN2O/c1-8(2)10(7-15)13(17)16-12-6-9(3)4-5-11(12)14/h4-6,8,10H,7,15H2,1-3H3,(H,16,17). The third kappa shape index (κ3) is 3.53. The Bertz CT molecular complexity index is 404. The zero-order valence-electron chi connectivity index (χ0n) is 10.5. The van der Waals surface area contributed by atoms with Crippen LogP contribution in [0.25, 0.3) is 0 Å². The highest BCUT2D eigenvalue weighted by Gasteiger charge is 2.21. The molecule has 0 saturated heterocycles. The molecule has 1 aromatic rings. The minimum absolute atomic E-state index is 0.132. The highest BCUT2D eigenvalue weighted by Crippen LogP contribution is 2.18. The molecular weight excluding hydrogens is 219 g/mol. The number of hydrogen-bond donors (Lipinski definition) is 2. The first kappa shape index (κ1) is 13.6. The van der Waals surface area contributed by atoms with E-state index in [2.05, 4.69) is 5.32 Å². The molecule has 1 atom stereocenters. The number of anilines is 1. The van der Waals surface area contributed by atoms with E-state index >= 15 is 0 Å².